The molecule has 0 radical (unpaired) electrons. The third-order valence-electron chi connectivity index (χ3n) is 3.58. The molecule has 0 aromatic rings. The molecule has 0 aromatic carbocycles. The second-order valence-electron chi connectivity index (χ2n) is 5.28. The molecule has 22 heavy (non-hydrogen) atoms. The predicted octanol–water partition coefficient (Wildman–Crippen LogP) is 2.06. The van der Waals surface area contributed by atoms with Gasteiger partial charge in [0.05, 0.1) is 5.92 Å². The van der Waals surface area contributed by atoms with Gasteiger partial charge in [0.1, 0.15) is 11.9 Å². The van der Waals surface area contributed by atoms with Crippen LogP contribution < -0.4 is 11.1 Å². The van der Waals surface area contributed by atoms with E-state index < -0.39 is 17.9 Å². The number of carboxylic acids is 1. The van der Waals surface area contributed by atoms with Gasteiger partial charge in [-0.1, -0.05) is 23.8 Å². The molecule has 0 saturated heterocycles. The molecule has 0 fully saturated rings. The molecule has 4 N–H and O–H groups in total. The van der Waals surface area contributed by atoms with Gasteiger partial charge in [-0.2, -0.15) is 0 Å². The SMILES string of the molecule is C/C=C/C[C@H](CN)C(=O)NC(CC1=CC=C(F)CC1)C(=O)O. The molecule has 0 saturated carbocycles. The fraction of sp³-hybridized carbons (Fsp3) is 0.500. The Balaban J connectivity index is 2.67. The van der Waals surface area contributed by atoms with Gasteiger partial charge in [0.15, 0.2) is 0 Å². The van der Waals surface area contributed by atoms with Crippen LogP contribution in [-0.4, -0.2) is 29.6 Å². The van der Waals surface area contributed by atoms with E-state index >= 15 is 0 Å². The summed E-state index contributed by atoms with van der Waals surface area (Å²) in [5.74, 6) is -2.14. The summed E-state index contributed by atoms with van der Waals surface area (Å²) in [5.41, 5.74) is 6.37. The van der Waals surface area contributed by atoms with Crippen molar-refractivity contribution in [1.29, 1.82) is 0 Å². The summed E-state index contributed by atoms with van der Waals surface area (Å²) in [6, 6.07) is -1.02. The Kier molecular flexibility index (Phi) is 7.52. The second-order valence-corrected chi connectivity index (χ2v) is 5.28. The topological polar surface area (TPSA) is 92.4 Å². The number of carbonyl (C=O) groups excluding carboxylic acids is 1. The first-order chi connectivity index (χ1) is 10.5. The van der Waals surface area contributed by atoms with Gasteiger partial charge >= 0.3 is 5.97 Å². The minimum atomic E-state index is -1.11. The van der Waals surface area contributed by atoms with Crippen molar-refractivity contribution in [1.82, 2.24) is 5.32 Å². The summed E-state index contributed by atoms with van der Waals surface area (Å²) in [6.07, 6.45) is 7.96. The molecule has 1 aliphatic carbocycles. The van der Waals surface area contributed by atoms with Gasteiger partial charge in [0.2, 0.25) is 5.91 Å². The Bertz CT molecular complexity index is 498. The van der Waals surface area contributed by atoms with Crippen LogP contribution in [-0.2, 0) is 9.59 Å². The average Bonchev–Trinajstić information content (AvgIpc) is 2.49. The van der Waals surface area contributed by atoms with Crippen LogP contribution in [0, 0.1) is 5.92 Å². The fourth-order valence-electron chi connectivity index (χ4n) is 2.19. The lowest BCUT2D eigenvalue weighted by Gasteiger charge is -2.20. The molecule has 0 aromatic heterocycles. The van der Waals surface area contributed by atoms with Gasteiger partial charge in [-0.15, -0.1) is 0 Å². The van der Waals surface area contributed by atoms with Crippen LogP contribution >= 0.6 is 0 Å². The van der Waals surface area contributed by atoms with Gasteiger partial charge in [-0.05, 0) is 32.3 Å². The van der Waals surface area contributed by atoms with E-state index in [0.29, 0.717) is 12.8 Å². The number of amides is 1. The number of nitrogens with two attached hydrogens (primary N) is 1. The lowest BCUT2D eigenvalue weighted by Crippen LogP contribution is -2.45. The molecule has 5 nitrogen and oxygen atoms in total. The number of halogens is 1. The smallest absolute Gasteiger partial charge is 0.326 e. The zero-order chi connectivity index (χ0) is 16.5. The van der Waals surface area contributed by atoms with Crippen molar-refractivity contribution < 1.29 is 19.1 Å². The van der Waals surface area contributed by atoms with Crippen LogP contribution in [0.1, 0.15) is 32.6 Å². The maximum atomic E-state index is 12.9. The first-order valence-electron chi connectivity index (χ1n) is 7.36. The molecule has 0 spiro atoms. The van der Waals surface area contributed by atoms with Gasteiger partial charge in [-0.3, -0.25) is 4.79 Å². The van der Waals surface area contributed by atoms with E-state index in [1.165, 1.54) is 6.08 Å². The molecule has 1 aliphatic rings. The van der Waals surface area contributed by atoms with E-state index in [1.807, 2.05) is 19.1 Å². The highest BCUT2D eigenvalue weighted by Crippen LogP contribution is 2.22. The van der Waals surface area contributed by atoms with Crippen LogP contribution in [0.5, 0.6) is 0 Å². The standard InChI is InChI=1S/C16H23FN2O3/c1-2-3-4-12(10-18)15(20)19-14(16(21)22)9-11-5-7-13(17)8-6-11/h2-3,5,7,12,14H,4,6,8-10,18H2,1H3,(H,19,20)(H,21,22)/b3-2+/t12-,14?/m1/s1. The van der Waals surface area contributed by atoms with Gasteiger partial charge in [0.25, 0.3) is 0 Å². The summed E-state index contributed by atoms with van der Waals surface area (Å²) in [4.78, 5) is 23.4. The molecular formula is C16H23FN2O3. The van der Waals surface area contributed by atoms with Gasteiger partial charge < -0.3 is 16.2 Å². The highest BCUT2D eigenvalue weighted by Gasteiger charge is 2.25. The maximum Gasteiger partial charge on any atom is 0.326 e. The predicted molar refractivity (Wildman–Crippen MR) is 82.7 cm³/mol. The molecule has 0 aliphatic heterocycles. The molecule has 1 rings (SSSR count). The summed E-state index contributed by atoms with van der Waals surface area (Å²) in [5, 5.41) is 11.8. The number of carbonyl (C=O) groups is 2. The highest BCUT2D eigenvalue weighted by molar-refractivity contribution is 5.85. The van der Waals surface area contributed by atoms with Crippen LogP contribution in [0.15, 0.2) is 35.7 Å². The van der Waals surface area contributed by atoms with Gasteiger partial charge in [0, 0.05) is 13.0 Å². The first kappa shape index (κ1) is 18.1. The summed E-state index contributed by atoms with van der Waals surface area (Å²) in [7, 11) is 0. The maximum absolute atomic E-state index is 12.9. The number of rotatable bonds is 8. The van der Waals surface area contributed by atoms with Crippen molar-refractivity contribution >= 4 is 11.9 Å². The first-order valence-corrected chi connectivity index (χ1v) is 7.36. The Morgan fingerprint density at radius 1 is 1.45 bits per heavy atom. The number of aliphatic carboxylic acids is 1. The summed E-state index contributed by atoms with van der Waals surface area (Å²) < 4.78 is 12.9. The third kappa shape index (κ3) is 5.81. The summed E-state index contributed by atoms with van der Waals surface area (Å²) in [6.45, 7) is 1.99. The zero-order valence-electron chi connectivity index (χ0n) is 12.7. The highest BCUT2D eigenvalue weighted by atomic mass is 19.1. The van der Waals surface area contributed by atoms with Crippen molar-refractivity contribution in [2.24, 2.45) is 11.7 Å². The minimum Gasteiger partial charge on any atom is -0.480 e. The van der Waals surface area contributed by atoms with E-state index in [0.717, 1.165) is 5.57 Å². The van der Waals surface area contributed by atoms with Crippen LogP contribution in [0.2, 0.25) is 0 Å². The second kappa shape index (κ2) is 9.15. The van der Waals surface area contributed by atoms with Crippen molar-refractivity contribution in [3.05, 3.63) is 35.7 Å². The van der Waals surface area contributed by atoms with Crippen LogP contribution in [0.25, 0.3) is 0 Å². The average molecular weight is 310 g/mol. The number of carboxylic acid groups (broad SMARTS) is 1. The Morgan fingerprint density at radius 2 is 2.18 bits per heavy atom. The van der Waals surface area contributed by atoms with E-state index in [4.69, 9.17) is 5.73 Å². The quantitative estimate of drug-likeness (QED) is 0.598. The Hall–Kier alpha value is -1.95. The Morgan fingerprint density at radius 3 is 2.68 bits per heavy atom. The van der Waals surface area contributed by atoms with E-state index in [9.17, 15) is 19.1 Å². The molecular weight excluding hydrogens is 287 g/mol. The number of nitrogens with one attached hydrogen (secondary N) is 1. The van der Waals surface area contributed by atoms with Gasteiger partial charge in [-0.25, -0.2) is 9.18 Å². The molecule has 122 valence electrons. The zero-order valence-corrected chi connectivity index (χ0v) is 12.7. The number of allylic oxidation sites excluding steroid dienone is 5. The molecule has 0 heterocycles. The largest absolute Gasteiger partial charge is 0.480 e. The summed E-state index contributed by atoms with van der Waals surface area (Å²) >= 11 is 0. The lowest BCUT2D eigenvalue weighted by molar-refractivity contribution is -0.142. The number of hydrogen-bond donors (Lipinski definition) is 3. The normalized spacial score (nSPS) is 17.6. The molecule has 0 bridgehead atoms. The monoisotopic (exact) mass is 310 g/mol. The lowest BCUT2D eigenvalue weighted by atomic mass is 9.96. The van der Waals surface area contributed by atoms with E-state index in [1.54, 1.807) is 6.08 Å². The van der Waals surface area contributed by atoms with Crippen molar-refractivity contribution in [3.8, 4) is 0 Å². The molecule has 1 unspecified atom stereocenters. The minimum absolute atomic E-state index is 0.152. The van der Waals surface area contributed by atoms with Crippen LogP contribution in [0.4, 0.5) is 4.39 Å². The van der Waals surface area contributed by atoms with Crippen LogP contribution in [0.3, 0.4) is 0 Å². The molecule has 1 amide bonds. The van der Waals surface area contributed by atoms with E-state index in [2.05, 4.69) is 5.32 Å². The van der Waals surface area contributed by atoms with Crippen molar-refractivity contribution in [2.75, 3.05) is 6.54 Å². The number of hydrogen-bond acceptors (Lipinski definition) is 3. The molecule has 6 heteroatoms. The third-order valence-corrected chi connectivity index (χ3v) is 3.58. The fourth-order valence-corrected chi connectivity index (χ4v) is 2.19. The van der Waals surface area contributed by atoms with Crippen molar-refractivity contribution in [2.45, 2.75) is 38.6 Å². The van der Waals surface area contributed by atoms with Crippen molar-refractivity contribution in [3.63, 3.8) is 0 Å². The molecule has 2 atom stereocenters. The Labute approximate surface area is 129 Å². The van der Waals surface area contributed by atoms with E-state index in [-0.39, 0.29) is 31.1 Å².